The van der Waals surface area contributed by atoms with Crippen molar-refractivity contribution < 1.29 is 4.74 Å². The van der Waals surface area contributed by atoms with Crippen LogP contribution in [0.25, 0.3) is 22.3 Å². The molecule has 0 aliphatic rings. The predicted octanol–water partition coefficient (Wildman–Crippen LogP) is 4.65. The third kappa shape index (κ3) is 2.66. The molecule has 0 saturated heterocycles. The maximum atomic E-state index is 6.04. The molecule has 118 valence electrons. The first-order chi connectivity index (χ1) is 11.7. The minimum absolute atomic E-state index is 0.116. The highest BCUT2D eigenvalue weighted by Crippen LogP contribution is 2.33. The smallest absolute Gasteiger partial charge is 0.248 e. The number of para-hydroxylation sites is 2. The molecule has 3 N–H and O–H groups in total. The number of H-pyrrole nitrogens is 1. The quantitative estimate of drug-likeness (QED) is 0.421. The number of anilines is 1. The van der Waals surface area contributed by atoms with Crippen LogP contribution in [0.3, 0.4) is 0 Å². The average molecular weight is 337 g/mol. The topological polar surface area (TPSA) is 76.8 Å². The Morgan fingerprint density at radius 3 is 2.50 bits per heavy atom. The molecule has 0 atom stereocenters. The van der Waals surface area contributed by atoms with Crippen LogP contribution in [-0.2, 0) is 0 Å². The fourth-order valence-electron chi connectivity index (χ4n) is 2.48. The highest BCUT2D eigenvalue weighted by Gasteiger charge is 2.14. The van der Waals surface area contributed by atoms with Gasteiger partial charge in [0.15, 0.2) is 5.75 Å². The molecule has 5 nitrogen and oxygen atoms in total. The van der Waals surface area contributed by atoms with Gasteiger partial charge in [-0.2, -0.15) is 4.98 Å². The Labute approximate surface area is 143 Å². The van der Waals surface area contributed by atoms with Crippen molar-refractivity contribution in [2.24, 2.45) is 0 Å². The summed E-state index contributed by atoms with van der Waals surface area (Å²) in [6.07, 6.45) is 0. The van der Waals surface area contributed by atoms with E-state index >= 15 is 0 Å². The van der Waals surface area contributed by atoms with Gasteiger partial charge in [0.1, 0.15) is 5.52 Å². The number of ether oxygens (including phenoxy) is 1. The Morgan fingerprint density at radius 1 is 0.958 bits per heavy atom. The normalized spacial score (nSPS) is 10.9. The zero-order valence-corrected chi connectivity index (χ0v) is 13.3. The van der Waals surface area contributed by atoms with Crippen LogP contribution in [0.5, 0.6) is 11.6 Å². The van der Waals surface area contributed by atoms with E-state index in [4.69, 9.17) is 22.1 Å². The summed E-state index contributed by atoms with van der Waals surface area (Å²) in [5, 5.41) is 0.116. The molecule has 0 aliphatic carbocycles. The highest BCUT2D eigenvalue weighted by molar-refractivity contribution is 6.28. The molecule has 0 saturated carbocycles. The number of aromatic nitrogens is 3. The van der Waals surface area contributed by atoms with Gasteiger partial charge in [0.2, 0.25) is 11.2 Å². The molecular formula is C18H13ClN4O. The third-order valence-corrected chi connectivity index (χ3v) is 3.80. The number of nitrogens with zero attached hydrogens (tertiary/aromatic N) is 2. The van der Waals surface area contributed by atoms with Crippen LogP contribution in [-0.4, -0.2) is 15.0 Å². The van der Waals surface area contributed by atoms with Crippen molar-refractivity contribution in [2.75, 3.05) is 5.73 Å². The molecule has 4 aromatic rings. The number of benzene rings is 2. The highest BCUT2D eigenvalue weighted by atomic mass is 35.5. The van der Waals surface area contributed by atoms with E-state index < -0.39 is 0 Å². The molecule has 0 amide bonds. The first-order valence-corrected chi connectivity index (χ1v) is 7.72. The van der Waals surface area contributed by atoms with Crippen LogP contribution < -0.4 is 10.5 Å². The summed E-state index contributed by atoms with van der Waals surface area (Å²) >= 11 is 6.04. The maximum Gasteiger partial charge on any atom is 0.248 e. The zero-order valence-electron chi connectivity index (χ0n) is 12.5. The van der Waals surface area contributed by atoms with Crippen LogP contribution >= 0.6 is 11.6 Å². The molecule has 6 heteroatoms. The SMILES string of the molecule is Nc1ccccc1Oc1nc(Cl)nc2cc(-c3ccccc3)[nH]c12. The van der Waals surface area contributed by atoms with Crippen molar-refractivity contribution in [2.45, 2.75) is 0 Å². The number of nitrogens with one attached hydrogen (secondary N) is 1. The van der Waals surface area contributed by atoms with Gasteiger partial charge in [-0.15, -0.1) is 0 Å². The largest absolute Gasteiger partial charge is 0.435 e. The van der Waals surface area contributed by atoms with Crippen LogP contribution in [0.15, 0.2) is 60.7 Å². The van der Waals surface area contributed by atoms with Crippen molar-refractivity contribution in [1.82, 2.24) is 15.0 Å². The number of halogens is 1. The molecule has 4 rings (SSSR count). The second kappa shape index (κ2) is 5.86. The van der Waals surface area contributed by atoms with Gasteiger partial charge in [-0.1, -0.05) is 42.5 Å². The van der Waals surface area contributed by atoms with Crippen molar-refractivity contribution in [3.8, 4) is 22.9 Å². The second-order valence-electron chi connectivity index (χ2n) is 5.25. The van der Waals surface area contributed by atoms with Crippen molar-refractivity contribution >= 4 is 28.3 Å². The van der Waals surface area contributed by atoms with E-state index in [9.17, 15) is 0 Å². The Bertz CT molecular complexity index is 1010. The van der Waals surface area contributed by atoms with Gasteiger partial charge in [-0.25, -0.2) is 4.98 Å². The molecule has 0 radical (unpaired) electrons. The lowest BCUT2D eigenvalue weighted by Crippen LogP contribution is -1.95. The van der Waals surface area contributed by atoms with E-state index in [-0.39, 0.29) is 5.28 Å². The molecule has 0 bridgehead atoms. The van der Waals surface area contributed by atoms with E-state index in [1.54, 1.807) is 12.1 Å². The van der Waals surface area contributed by atoms with Gasteiger partial charge in [-0.3, -0.25) is 0 Å². The summed E-state index contributed by atoms with van der Waals surface area (Å²) in [5.74, 6) is 0.856. The van der Waals surface area contributed by atoms with E-state index in [1.165, 1.54) is 0 Å². The lowest BCUT2D eigenvalue weighted by molar-refractivity contribution is 0.469. The predicted molar refractivity (Wildman–Crippen MR) is 95.3 cm³/mol. The van der Waals surface area contributed by atoms with E-state index in [0.29, 0.717) is 28.4 Å². The van der Waals surface area contributed by atoms with Crippen molar-refractivity contribution in [3.05, 3.63) is 65.9 Å². The summed E-state index contributed by atoms with van der Waals surface area (Å²) in [4.78, 5) is 11.7. The number of hydrogen-bond acceptors (Lipinski definition) is 4. The summed E-state index contributed by atoms with van der Waals surface area (Å²) < 4.78 is 5.86. The van der Waals surface area contributed by atoms with Crippen LogP contribution in [0, 0.1) is 0 Å². The van der Waals surface area contributed by atoms with Crippen LogP contribution in [0.2, 0.25) is 5.28 Å². The lowest BCUT2D eigenvalue weighted by atomic mass is 10.2. The minimum atomic E-state index is 0.116. The number of nitrogen functional groups attached to an aromatic ring is 1. The summed E-state index contributed by atoms with van der Waals surface area (Å²) in [5.41, 5.74) is 9.75. The fraction of sp³-hybridized carbons (Fsp3) is 0. The second-order valence-corrected chi connectivity index (χ2v) is 5.59. The van der Waals surface area contributed by atoms with Gasteiger partial charge in [0, 0.05) is 5.69 Å². The molecule has 2 aromatic carbocycles. The lowest BCUT2D eigenvalue weighted by Gasteiger charge is -2.08. The zero-order chi connectivity index (χ0) is 16.5. The number of nitrogens with two attached hydrogens (primary N) is 1. The number of aromatic amines is 1. The van der Waals surface area contributed by atoms with Crippen LogP contribution in [0.1, 0.15) is 0 Å². The molecule has 0 spiro atoms. The number of hydrogen-bond donors (Lipinski definition) is 2. The standard InChI is InChI=1S/C18H13ClN4O/c19-18-22-14-10-13(11-6-2-1-3-7-11)21-16(14)17(23-18)24-15-9-5-4-8-12(15)20/h1-10,21H,20H2. The molecule has 0 fully saturated rings. The van der Waals surface area contributed by atoms with Crippen molar-refractivity contribution in [1.29, 1.82) is 0 Å². The average Bonchev–Trinajstić information content (AvgIpc) is 3.02. The molecule has 2 aromatic heterocycles. The third-order valence-electron chi connectivity index (χ3n) is 3.63. The summed E-state index contributed by atoms with van der Waals surface area (Å²) in [6, 6.07) is 19.1. The molecule has 0 unspecified atom stereocenters. The Hall–Kier alpha value is -3.05. The number of fused-ring (bicyclic) bond motifs is 1. The van der Waals surface area contributed by atoms with Crippen LogP contribution in [0.4, 0.5) is 5.69 Å². The van der Waals surface area contributed by atoms with Gasteiger partial charge >= 0.3 is 0 Å². The number of rotatable bonds is 3. The first-order valence-electron chi connectivity index (χ1n) is 7.35. The first kappa shape index (κ1) is 14.5. The molecule has 2 heterocycles. The van der Waals surface area contributed by atoms with Gasteiger partial charge in [0.25, 0.3) is 0 Å². The summed E-state index contributed by atoms with van der Waals surface area (Å²) in [6.45, 7) is 0. The Morgan fingerprint density at radius 2 is 1.71 bits per heavy atom. The molecule has 24 heavy (non-hydrogen) atoms. The molecular weight excluding hydrogens is 324 g/mol. The van der Waals surface area contributed by atoms with Gasteiger partial charge < -0.3 is 15.5 Å². The van der Waals surface area contributed by atoms with E-state index in [1.807, 2.05) is 48.5 Å². The van der Waals surface area contributed by atoms with E-state index in [0.717, 1.165) is 11.3 Å². The van der Waals surface area contributed by atoms with E-state index in [2.05, 4.69) is 15.0 Å². The Balaban J connectivity index is 1.83. The van der Waals surface area contributed by atoms with Crippen molar-refractivity contribution in [3.63, 3.8) is 0 Å². The van der Waals surface area contributed by atoms with Gasteiger partial charge in [-0.05, 0) is 35.4 Å². The van der Waals surface area contributed by atoms with Gasteiger partial charge in [0.05, 0.1) is 11.2 Å². The fourth-order valence-corrected chi connectivity index (χ4v) is 2.65. The minimum Gasteiger partial charge on any atom is -0.435 e. The Kier molecular flexibility index (Phi) is 3.55. The molecule has 0 aliphatic heterocycles. The maximum absolute atomic E-state index is 6.04. The summed E-state index contributed by atoms with van der Waals surface area (Å²) in [7, 11) is 0. The monoisotopic (exact) mass is 336 g/mol.